The first kappa shape index (κ1) is 31.4. The van der Waals surface area contributed by atoms with Crippen molar-refractivity contribution in [3.8, 4) is 0 Å². The topological polar surface area (TPSA) is 84.0 Å². The molecule has 0 bridgehead atoms. The van der Waals surface area contributed by atoms with Crippen molar-refractivity contribution < 1.29 is 23.9 Å². The number of carbonyl (C=O) groups excluding carboxylic acids is 4. The number of carbonyl (C=O) groups is 4. The van der Waals surface area contributed by atoms with Crippen LogP contribution in [0.15, 0.2) is 97.1 Å². The van der Waals surface area contributed by atoms with E-state index in [9.17, 15) is 19.2 Å². The van der Waals surface area contributed by atoms with Crippen LogP contribution in [0.4, 0.5) is 0 Å². The fourth-order valence-electron chi connectivity index (χ4n) is 5.60. The lowest BCUT2D eigenvalue weighted by atomic mass is 10.0. The van der Waals surface area contributed by atoms with E-state index < -0.39 is 5.97 Å². The fraction of sp³-hybridized carbons (Fsp3) is 0.333. The van der Waals surface area contributed by atoms with Crippen LogP contribution in [-0.4, -0.2) is 53.1 Å². The maximum Gasteiger partial charge on any atom is 0.330 e. The number of ketones is 1. The predicted molar refractivity (Wildman–Crippen MR) is 168 cm³/mol. The van der Waals surface area contributed by atoms with E-state index in [1.807, 2.05) is 60.7 Å². The van der Waals surface area contributed by atoms with Gasteiger partial charge >= 0.3 is 5.97 Å². The highest BCUT2D eigenvalue weighted by atomic mass is 16.5. The van der Waals surface area contributed by atoms with Gasteiger partial charge in [-0.2, -0.15) is 0 Å². The summed E-state index contributed by atoms with van der Waals surface area (Å²) in [4.78, 5) is 54.7. The first-order chi connectivity index (χ1) is 21.0. The number of hydrogen-bond acceptors (Lipinski definition) is 5. The zero-order valence-electron chi connectivity index (χ0n) is 24.8. The largest absolute Gasteiger partial charge is 0.463 e. The first-order valence-electron chi connectivity index (χ1n) is 15.2. The van der Waals surface area contributed by atoms with Crippen LogP contribution >= 0.6 is 0 Å². The van der Waals surface area contributed by atoms with Crippen molar-refractivity contribution >= 4 is 35.0 Å². The standard InChI is InChI=1S/C36H40N2O5/c1-3-29(39)23-15-5-6-16-24-37-33(27-19-11-9-12-20-27)31-32(35(37)41)34(28-21-13-10-14-22-28)38(36(31)42)25-17-7-8-18-26-43-30(40)4-2/h3-4,9-14,19-22H,1-2,5-8,15-18,23-26H2. The molecule has 43 heavy (non-hydrogen) atoms. The summed E-state index contributed by atoms with van der Waals surface area (Å²) in [5.74, 6) is -0.661. The van der Waals surface area contributed by atoms with Crippen molar-refractivity contribution in [2.24, 2.45) is 0 Å². The molecule has 0 saturated heterocycles. The van der Waals surface area contributed by atoms with E-state index in [-0.39, 0.29) is 17.6 Å². The average molecular weight is 581 g/mol. The molecule has 7 nitrogen and oxygen atoms in total. The van der Waals surface area contributed by atoms with Crippen molar-refractivity contribution in [1.82, 2.24) is 9.80 Å². The molecule has 2 aromatic carbocycles. The number of rotatable bonds is 18. The summed E-state index contributed by atoms with van der Waals surface area (Å²) in [5, 5.41) is 0. The van der Waals surface area contributed by atoms with E-state index in [0.29, 0.717) is 48.7 Å². The number of unbranched alkanes of at least 4 members (excludes halogenated alkanes) is 6. The maximum absolute atomic E-state index is 14.2. The molecule has 2 aliphatic heterocycles. The molecule has 2 aromatic rings. The Hall–Kier alpha value is -4.52. The molecule has 0 N–H and O–H groups in total. The lowest BCUT2D eigenvalue weighted by molar-refractivity contribution is -0.138. The number of nitrogens with zero attached hydrogens (tertiary/aromatic N) is 2. The van der Waals surface area contributed by atoms with Gasteiger partial charge in [0.05, 0.1) is 29.1 Å². The molecule has 4 rings (SSSR count). The fourth-order valence-corrected chi connectivity index (χ4v) is 5.60. The molecule has 0 radical (unpaired) electrons. The number of allylic oxidation sites excluding steroid dienone is 1. The lowest BCUT2D eigenvalue weighted by Gasteiger charge is -2.25. The van der Waals surface area contributed by atoms with Crippen molar-refractivity contribution in [3.63, 3.8) is 0 Å². The van der Waals surface area contributed by atoms with Crippen molar-refractivity contribution in [2.75, 3.05) is 19.7 Å². The molecule has 2 amide bonds. The van der Waals surface area contributed by atoms with Gasteiger partial charge in [-0.1, -0.05) is 93.1 Å². The third kappa shape index (κ3) is 7.66. The Labute approximate surface area is 254 Å². The van der Waals surface area contributed by atoms with Crippen LogP contribution in [0.5, 0.6) is 0 Å². The summed E-state index contributed by atoms with van der Waals surface area (Å²) < 4.78 is 5.06. The third-order valence-corrected chi connectivity index (χ3v) is 7.75. The molecule has 0 atom stereocenters. The molecular formula is C36H40N2O5. The van der Waals surface area contributed by atoms with Gasteiger partial charge in [0.25, 0.3) is 11.8 Å². The smallest absolute Gasteiger partial charge is 0.330 e. The SMILES string of the molecule is C=CC(=O)CCCCCCN1C(=O)C2=C(c3ccccc3)N(CCCCCCOC(=O)C=C)C(=O)C2=C1c1ccccc1. The van der Waals surface area contributed by atoms with Gasteiger partial charge in [-0.15, -0.1) is 0 Å². The van der Waals surface area contributed by atoms with Crippen molar-refractivity contribution in [2.45, 2.75) is 57.8 Å². The minimum absolute atomic E-state index is 0.0520. The van der Waals surface area contributed by atoms with Crippen molar-refractivity contribution in [1.29, 1.82) is 0 Å². The lowest BCUT2D eigenvalue weighted by Crippen LogP contribution is -2.31. The number of hydrogen-bond donors (Lipinski definition) is 0. The molecule has 0 saturated carbocycles. The van der Waals surface area contributed by atoms with Crippen LogP contribution in [0, 0.1) is 0 Å². The van der Waals surface area contributed by atoms with Gasteiger partial charge in [0, 0.05) is 25.6 Å². The van der Waals surface area contributed by atoms with E-state index in [1.165, 1.54) is 6.08 Å². The molecule has 0 spiro atoms. The Morgan fingerprint density at radius 2 is 1.09 bits per heavy atom. The first-order valence-corrected chi connectivity index (χ1v) is 15.2. The van der Waals surface area contributed by atoms with E-state index in [2.05, 4.69) is 13.2 Å². The molecule has 0 unspecified atom stereocenters. The van der Waals surface area contributed by atoms with Crippen LogP contribution in [0.25, 0.3) is 11.4 Å². The van der Waals surface area contributed by atoms with E-state index in [0.717, 1.165) is 68.6 Å². The van der Waals surface area contributed by atoms with Gasteiger partial charge in [-0.05, 0) is 49.3 Å². The van der Waals surface area contributed by atoms with Gasteiger partial charge in [0.15, 0.2) is 5.78 Å². The zero-order valence-corrected chi connectivity index (χ0v) is 24.8. The number of benzene rings is 2. The number of fused-ring (bicyclic) bond motifs is 1. The van der Waals surface area contributed by atoms with Gasteiger partial charge in [-0.3, -0.25) is 14.4 Å². The second-order valence-electron chi connectivity index (χ2n) is 10.7. The zero-order chi connectivity index (χ0) is 30.6. The van der Waals surface area contributed by atoms with Gasteiger partial charge in [0.2, 0.25) is 0 Å². The molecule has 2 aliphatic rings. The van der Waals surface area contributed by atoms with Crippen LogP contribution in [0.3, 0.4) is 0 Å². The molecule has 0 aromatic heterocycles. The molecule has 7 heteroatoms. The summed E-state index contributed by atoms with van der Waals surface area (Å²) >= 11 is 0. The normalized spacial score (nSPS) is 14.4. The monoisotopic (exact) mass is 580 g/mol. The summed E-state index contributed by atoms with van der Waals surface area (Å²) in [6.45, 7) is 8.26. The minimum Gasteiger partial charge on any atom is -0.463 e. The maximum atomic E-state index is 14.2. The highest BCUT2D eigenvalue weighted by Crippen LogP contribution is 2.46. The van der Waals surface area contributed by atoms with E-state index in [4.69, 9.17) is 4.74 Å². The highest BCUT2D eigenvalue weighted by Gasteiger charge is 2.48. The van der Waals surface area contributed by atoms with E-state index in [1.54, 1.807) is 9.80 Å². The summed E-state index contributed by atoms with van der Waals surface area (Å²) in [6, 6.07) is 19.3. The van der Waals surface area contributed by atoms with Crippen LogP contribution in [0.2, 0.25) is 0 Å². The van der Waals surface area contributed by atoms with Gasteiger partial charge in [-0.25, -0.2) is 4.79 Å². The second kappa shape index (κ2) is 15.6. The molecular weight excluding hydrogens is 540 g/mol. The van der Waals surface area contributed by atoms with Gasteiger partial charge in [0.1, 0.15) is 0 Å². The number of ether oxygens (including phenoxy) is 1. The van der Waals surface area contributed by atoms with Crippen LogP contribution < -0.4 is 0 Å². The summed E-state index contributed by atoms with van der Waals surface area (Å²) in [5.41, 5.74) is 3.98. The second-order valence-corrected chi connectivity index (χ2v) is 10.7. The van der Waals surface area contributed by atoms with Crippen LogP contribution in [0.1, 0.15) is 68.9 Å². The molecule has 0 fully saturated rings. The average Bonchev–Trinajstić information content (AvgIpc) is 3.49. The van der Waals surface area contributed by atoms with Crippen molar-refractivity contribution in [3.05, 3.63) is 108 Å². The number of amides is 2. The Bertz CT molecular complexity index is 1410. The van der Waals surface area contributed by atoms with E-state index >= 15 is 0 Å². The predicted octanol–water partition coefficient (Wildman–Crippen LogP) is 6.49. The Morgan fingerprint density at radius 3 is 1.56 bits per heavy atom. The highest BCUT2D eigenvalue weighted by molar-refractivity contribution is 6.30. The quantitative estimate of drug-likeness (QED) is 0.114. The van der Waals surface area contributed by atoms with Gasteiger partial charge < -0.3 is 14.5 Å². The Balaban J connectivity index is 1.56. The minimum atomic E-state index is -0.422. The summed E-state index contributed by atoms with van der Waals surface area (Å²) in [7, 11) is 0. The molecule has 224 valence electrons. The number of esters is 1. The molecule has 0 aliphatic carbocycles. The van der Waals surface area contributed by atoms with Crippen LogP contribution in [-0.2, 0) is 23.9 Å². The third-order valence-electron chi connectivity index (χ3n) is 7.75. The Kier molecular flexibility index (Phi) is 11.4. The Morgan fingerprint density at radius 1 is 0.628 bits per heavy atom. The molecule has 2 heterocycles. The summed E-state index contributed by atoms with van der Waals surface area (Å²) in [6.07, 6.45) is 9.55.